The number of ether oxygens (including phenoxy) is 1. The van der Waals surface area contributed by atoms with Gasteiger partial charge in [0.05, 0.1) is 12.9 Å². The van der Waals surface area contributed by atoms with E-state index in [0.29, 0.717) is 34.5 Å². The van der Waals surface area contributed by atoms with Crippen molar-refractivity contribution in [1.82, 2.24) is 10.2 Å². The van der Waals surface area contributed by atoms with Crippen molar-refractivity contribution >= 4 is 46.8 Å². The number of likely N-dealkylation sites (N-methyl/N-ethyl adjacent to an activating group) is 1. The van der Waals surface area contributed by atoms with Crippen molar-refractivity contribution in [2.24, 2.45) is 0 Å². The number of nitrogens with one attached hydrogen (secondary N) is 1. The molecule has 5 nitrogen and oxygen atoms in total. The first-order valence-corrected chi connectivity index (χ1v) is 13.6. The van der Waals surface area contributed by atoms with Gasteiger partial charge in [0, 0.05) is 35.3 Å². The number of methoxy groups -OCH3 is 1. The summed E-state index contributed by atoms with van der Waals surface area (Å²) < 4.78 is 5.36. The van der Waals surface area contributed by atoms with Gasteiger partial charge in [-0.15, -0.1) is 11.8 Å². The van der Waals surface area contributed by atoms with Gasteiger partial charge in [0.1, 0.15) is 11.8 Å². The second kappa shape index (κ2) is 14.2. The van der Waals surface area contributed by atoms with Crippen molar-refractivity contribution < 1.29 is 14.3 Å². The Bertz CT molecular complexity index is 1160. The van der Waals surface area contributed by atoms with Gasteiger partial charge in [0.15, 0.2) is 0 Å². The number of nitrogens with zero attached hydrogens (tertiary/aromatic N) is 1. The summed E-state index contributed by atoms with van der Waals surface area (Å²) in [4.78, 5) is 28.5. The second-order valence-corrected chi connectivity index (χ2v) is 10.0. The number of thioether (sulfide) groups is 1. The molecule has 0 saturated heterocycles. The van der Waals surface area contributed by atoms with E-state index in [-0.39, 0.29) is 24.1 Å². The first-order chi connectivity index (χ1) is 17.4. The Kier molecular flexibility index (Phi) is 11.0. The number of amides is 2. The lowest BCUT2D eigenvalue weighted by molar-refractivity contribution is -0.139. The lowest BCUT2D eigenvalue weighted by Gasteiger charge is -2.31. The molecule has 3 aromatic carbocycles. The van der Waals surface area contributed by atoms with Gasteiger partial charge in [0.2, 0.25) is 11.8 Å². The summed E-state index contributed by atoms with van der Waals surface area (Å²) in [5.41, 5.74) is 2.77. The van der Waals surface area contributed by atoms with Crippen LogP contribution in [0.25, 0.3) is 0 Å². The lowest BCUT2D eigenvalue weighted by atomic mass is 10.0. The van der Waals surface area contributed by atoms with Gasteiger partial charge >= 0.3 is 0 Å². The Hall–Kier alpha value is -2.67. The summed E-state index contributed by atoms with van der Waals surface area (Å²) in [6, 6.07) is 22.0. The molecule has 36 heavy (non-hydrogen) atoms. The maximum Gasteiger partial charge on any atom is 0.243 e. The summed E-state index contributed by atoms with van der Waals surface area (Å²) >= 11 is 13.8. The van der Waals surface area contributed by atoms with Crippen molar-refractivity contribution in [2.75, 3.05) is 19.4 Å². The Balaban J connectivity index is 1.84. The SMILES string of the molecule is CCNC(=O)[C@H](Cc1ccccc1)N(Cc1cccc(OC)c1)C(=O)CSCc1ccc(Cl)cc1Cl. The minimum absolute atomic E-state index is 0.125. The molecule has 1 N–H and O–H groups in total. The number of rotatable bonds is 12. The predicted molar refractivity (Wildman–Crippen MR) is 149 cm³/mol. The number of benzene rings is 3. The highest BCUT2D eigenvalue weighted by Crippen LogP contribution is 2.26. The van der Waals surface area contributed by atoms with Crippen molar-refractivity contribution in [3.05, 3.63) is 99.5 Å². The van der Waals surface area contributed by atoms with E-state index in [0.717, 1.165) is 16.7 Å². The molecule has 0 radical (unpaired) electrons. The quantitative estimate of drug-likeness (QED) is 0.303. The van der Waals surface area contributed by atoms with Gasteiger partial charge < -0.3 is 15.0 Å². The van der Waals surface area contributed by atoms with Gasteiger partial charge in [-0.25, -0.2) is 0 Å². The molecule has 0 saturated carbocycles. The molecule has 0 spiro atoms. The molecule has 0 aliphatic rings. The Labute approximate surface area is 227 Å². The Morgan fingerprint density at radius 2 is 1.75 bits per heavy atom. The monoisotopic (exact) mass is 544 g/mol. The average molecular weight is 546 g/mol. The van der Waals surface area contributed by atoms with E-state index in [9.17, 15) is 9.59 Å². The zero-order valence-corrected chi connectivity index (χ0v) is 22.7. The lowest BCUT2D eigenvalue weighted by Crippen LogP contribution is -2.51. The second-order valence-electron chi connectivity index (χ2n) is 8.20. The van der Waals surface area contributed by atoms with Crippen LogP contribution in [0, 0.1) is 0 Å². The zero-order chi connectivity index (χ0) is 25.9. The molecule has 1 atom stereocenters. The van der Waals surface area contributed by atoms with E-state index < -0.39 is 6.04 Å². The molecule has 0 unspecified atom stereocenters. The minimum Gasteiger partial charge on any atom is -0.497 e. The smallest absolute Gasteiger partial charge is 0.243 e. The minimum atomic E-state index is -0.661. The van der Waals surface area contributed by atoms with Gasteiger partial charge in [-0.3, -0.25) is 9.59 Å². The third-order valence-corrected chi connectivity index (χ3v) is 7.16. The molecule has 3 aromatic rings. The first kappa shape index (κ1) is 27.9. The summed E-state index contributed by atoms with van der Waals surface area (Å²) in [5.74, 6) is 1.15. The average Bonchev–Trinajstić information content (AvgIpc) is 2.88. The molecule has 0 aromatic heterocycles. The van der Waals surface area contributed by atoms with Crippen LogP contribution < -0.4 is 10.1 Å². The highest BCUT2D eigenvalue weighted by molar-refractivity contribution is 7.99. The maximum absolute atomic E-state index is 13.6. The van der Waals surface area contributed by atoms with Crippen molar-refractivity contribution in [3.8, 4) is 5.75 Å². The van der Waals surface area contributed by atoms with Crippen LogP contribution in [-0.4, -0.2) is 42.2 Å². The van der Waals surface area contributed by atoms with E-state index in [1.165, 1.54) is 11.8 Å². The molecule has 3 rings (SSSR count). The topological polar surface area (TPSA) is 58.6 Å². The van der Waals surface area contributed by atoms with Crippen LogP contribution in [-0.2, 0) is 28.3 Å². The molecule has 8 heteroatoms. The molecule has 2 amide bonds. The Morgan fingerprint density at radius 3 is 2.44 bits per heavy atom. The first-order valence-electron chi connectivity index (χ1n) is 11.7. The molecule has 0 aliphatic carbocycles. The number of halogens is 2. The van der Waals surface area contributed by atoms with Crippen LogP contribution in [0.4, 0.5) is 0 Å². The highest BCUT2D eigenvalue weighted by Gasteiger charge is 2.30. The Morgan fingerprint density at radius 1 is 1.00 bits per heavy atom. The van der Waals surface area contributed by atoms with Crippen LogP contribution in [0.5, 0.6) is 5.75 Å². The molecule has 0 fully saturated rings. The third-order valence-electron chi connectivity index (χ3n) is 5.61. The maximum atomic E-state index is 13.6. The summed E-state index contributed by atoms with van der Waals surface area (Å²) in [6.45, 7) is 2.64. The number of carbonyl (C=O) groups excluding carboxylic acids is 2. The van der Waals surface area contributed by atoms with E-state index in [1.807, 2.05) is 67.6 Å². The van der Waals surface area contributed by atoms with Crippen LogP contribution in [0.1, 0.15) is 23.6 Å². The molecule has 0 heterocycles. The molecular weight excluding hydrogens is 515 g/mol. The summed E-state index contributed by atoms with van der Waals surface area (Å²) in [6.07, 6.45) is 0.413. The predicted octanol–water partition coefficient (Wildman–Crippen LogP) is 6.01. The fourth-order valence-corrected chi connectivity index (χ4v) is 5.25. The fourth-order valence-electron chi connectivity index (χ4n) is 3.78. The molecule has 0 bridgehead atoms. The number of carbonyl (C=O) groups is 2. The normalized spacial score (nSPS) is 11.6. The summed E-state index contributed by atoms with van der Waals surface area (Å²) in [7, 11) is 1.60. The van der Waals surface area contributed by atoms with Gasteiger partial charge in [-0.05, 0) is 47.9 Å². The number of hydrogen-bond acceptors (Lipinski definition) is 4. The number of hydrogen-bond donors (Lipinski definition) is 1. The van der Waals surface area contributed by atoms with Crippen molar-refractivity contribution in [2.45, 2.75) is 31.7 Å². The zero-order valence-electron chi connectivity index (χ0n) is 20.4. The molecular formula is C28H30Cl2N2O3S. The van der Waals surface area contributed by atoms with E-state index in [1.54, 1.807) is 24.1 Å². The van der Waals surface area contributed by atoms with Crippen LogP contribution in [0.2, 0.25) is 10.0 Å². The van der Waals surface area contributed by atoms with E-state index in [4.69, 9.17) is 27.9 Å². The highest BCUT2D eigenvalue weighted by atomic mass is 35.5. The standard InChI is InChI=1S/C28H30Cl2N2O3S/c1-3-31-28(34)26(15-20-8-5-4-6-9-20)32(17-21-10-7-11-24(14-21)35-2)27(33)19-36-18-22-12-13-23(29)16-25(22)30/h4-14,16,26H,3,15,17-19H2,1-2H3,(H,31,34)/t26-/m0/s1. The van der Waals surface area contributed by atoms with E-state index in [2.05, 4.69) is 5.32 Å². The summed E-state index contributed by atoms with van der Waals surface area (Å²) in [5, 5.41) is 4.05. The third kappa shape index (κ3) is 8.19. The van der Waals surface area contributed by atoms with E-state index >= 15 is 0 Å². The largest absolute Gasteiger partial charge is 0.497 e. The fraction of sp³-hybridized carbons (Fsp3) is 0.286. The van der Waals surface area contributed by atoms with Crippen LogP contribution >= 0.6 is 35.0 Å². The van der Waals surface area contributed by atoms with Gasteiger partial charge in [-0.1, -0.05) is 71.7 Å². The molecule has 0 aliphatic heterocycles. The van der Waals surface area contributed by atoms with Gasteiger partial charge in [-0.2, -0.15) is 0 Å². The van der Waals surface area contributed by atoms with Crippen molar-refractivity contribution in [1.29, 1.82) is 0 Å². The van der Waals surface area contributed by atoms with Crippen LogP contribution in [0.15, 0.2) is 72.8 Å². The van der Waals surface area contributed by atoms with Crippen molar-refractivity contribution in [3.63, 3.8) is 0 Å². The van der Waals surface area contributed by atoms with Gasteiger partial charge in [0.25, 0.3) is 0 Å². The van der Waals surface area contributed by atoms with Crippen LogP contribution in [0.3, 0.4) is 0 Å². The molecule has 190 valence electrons.